The molecule has 1 aliphatic rings. The molecule has 6 heteroatoms. The van der Waals surface area contributed by atoms with Crippen molar-refractivity contribution >= 4 is 17.4 Å². The molecule has 0 radical (unpaired) electrons. The van der Waals surface area contributed by atoms with E-state index in [2.05, 4.69) is 9.59 Å². The second-order valence-electron chi connectivity index (χ2n) is 5.46. The van der Waals surface area contributed by atoms with Crippen LogP contribution in [0.2, 0.25) is 0 Å². The molecule has 2 heterocycles. The number of morpholine rings is 1. The summed E-state index contributed by atoms with van der Waals surface area (Å²) >= 11 is 1.18. The van der Waals surface area contributed by atoms with Gasteiger partial charge in [0.05, 0.1) is 18.3 Å². The van der Waals surface area contributed by atoms with Crippen LogP contribution in [0.4, 0.5) is 0 Å². The largest absolute Gasteiger partial charge is 0.367 e. The highest BCUT2D eigenvalue weighted by molar-refractivity contribution is 7.08. The number of benzene rings is 1. The maximum absolute atomic E-state index is 12.8. The van der Waals surface area contributed by atoms with Gasteiger partial charge in [-0.25, -0.2) is 0 Å². The molecule has 2 aromatic rings. The fraction of sp³-hybridized carbons (Fsp3) is 0.438. The Balaban J connectivity index is 1.80. The summed E-state index contributed by atoms with van der Waals surface area (Å²) in [5.74, 6) is 0.0166. The van der Waals surface area contributed by atoms with Crippen molar-refractivity contribution in [2.24, 2.45) is 0 Å². The maximum Gasteiger partial charge on any atom is 0.267 e. The van der Waals surface area contributed by atoms with Crippen molar-refractivity contribution in [3.63, 3.8) is 0 Å². The zero-order valence-electron chi connectivity index (χ0n) is 12.7. The number of amides is 1. The van der Waals surface area contributed by atoms with E-state index in [9.17, 15) is 4.79 Å². The van der Waals surface area contributed by atoms with Gasteiger partial charge in [-0.1, -0.05) is 41.7 Å². The van der Waals surface area contributed by atoms with E-state index in [1.807, 2.05) is 49.1 Å². The lowest BCUT2D eigenvalue weighted by molar-refractivity contribution is -0.0691. The quantitative estimate of drug-likeness (QED) is 0.873. The molecule has 1 aromatic carbocycles. The summed E-state index contributed by atoms with van der Waals surface area (Å²) in [4.78, 5) is 15.3. The molecule has 0 aliphatic carbocycles. The molecule has 1 aliphatic heterocycles. The molecule has 116 valence electrons. The van der Waals surface area contributed by atoms with Gasteiger partial charge in [-0.05, 0) is 30.4 Å². The van der Waals surface area contributed by atoms with Crippen LogP contribution in [0.5, 0.6) is 0 Å². The standard InChI is InChI=1S/C16H19N3O2S/c1-3-13-15(22-18-17-13)16(20)19-9-11(2)21-14(10-19)12-7-5-4-6-8-12/h4-8,11,14H,3,9-10H2,1-2H3/t11-,14+/m0/s1. The van der Waals surface area contributed by atoms with Crippen LogP contribution in [-0.2, 0) is 11.2 Å². The number of aryl methyl sites for hydroxylation is 1. The van der Waals surface area contributed by atoms with Crippen LogP contribution in [0.1, 0.15) is 40.9 Å². The average molecular weight is 317 g/mol. The monoisotopic (exact) mass is 317 g/mol. The van der Waals surface area contributed by atoms with Crippen LogP contribution in [0.15, 0.2) is 30.3 Å². The van der Waals surface area contributed by atoms with E-state index in [1.54, 1.807) is 0 Å². The Kier molecular flexibility index (Phi) is 4.49. The highest BCUT2D eigenvalue weighted by atomic mass is 32.1. The Morgan fingerprint density at radius 3 is 2.86 bits per heavy atom. The van der Waals surface area contributed by atoms with Gasteiger partial charge in [0.2, 0.25) is 0 Å². The maximum atomic E-state index is 12.8. The number of aromatic nitrogens is 2. The minimum atomic E-state index is -0.0835. The third-order valence-electron chi connectivity index (χ3n) is 3.80. The van der Waals surface area contributed by atoms with Crippen LogP contribution in [0.25, 0.3) is 0 Å². The van der Waals surface area contributed by atoms with Gasteiger partial charge >= 0.3 is 0 Å². The first-order valence-electron chi connectivity index (χ1n) is 7.50. The van der Waals surface area contributed by atoms with Crippen molar-refractivity contribution < 1.29 is 9.53 Å². The molecule has 22 heavy (non-hydrogen) atoms. The molecule has 0 saturated carbocycles. The molecule has 1 saturated heterocycles. The van der Waals surface area contributed by atoms with Gasteiger partial charge in [-0.15, -0.1) is 5.10 Å². The van der Waals surface area contributed by atoms with Crippen LogP contribution in [0, 0.1) is 0 Å². The molecule has 1 amide bonds. The molecule has 0 spiro atoms. The third kappa shape index (κ3) is 3.03. The van der Waals surface area contributed by atoms with E-state index < -0.39 is 0 Å². The number of hydrogen-bond acceptors (Lipinski definition) is 5. The molecular weight excluding hydrogens is 298 g/mol. The van der Waals surface area contributed by atoms with Crippen molar-refractivity contribution in [3.05, 3.63) is 46.5 Å². The lowest BCUT2D eigenvalue weighted by atomic mass is 10.1. The molecule has 2 atom stereocenters. The Morgan fingerprint density at radius 1 is 1.36 bits per heavy atom. The summed E-state index contributed by atoms with van der Waals surface area (Å²) < 4.78 is 9.92. The Labute approximate surface area is 134 Å². The Hall–Kier alpha value is -1.79. The summed E-state index contributed by atoms with van der Waals surface area (Å²) in [7, 11) is 0. The predicted octanol–water partition coefficient (Wildman–Crippen LogP) is 2.70. The number of hydrogen-bond donors (Lipinski definition) is 0. The first-order chi connectivity index (χ1) is 10.7. The second-order valence-corrected chi connectivity index (χ2v) is 6.21. The van der Waals surface area contributed by atoms with Gasteiger partial charge in [-0.3, -0.25) is 4.79 Å². The minimum absolute atomic E-state index is 0.00821. The Morgan fingerprint density at radius 2 is 2.14 bits per heavy atom. The van der Waals surface area contributed by atoms with E-state index in [-0.39, 0.29) is 18.1 Å². The van der Waals surface area contributed by atoms with Crippen LogP contribution < -0.4 is 0 Å². The van der Waals surface area contributed by atoms with Crippen LogP contribution in [0.3, 0.4) is 0 Å². The molecule has 0 bridgehead atoms. The zero-order valence-corrected chi connectivity index (χ0v) is 13.5. The van der Waals surface area contributed by atoms with E-state index >= 15 is 0 Å². The smallest absolute Gasteiger partial charge is 0.267 e. The third-order valence-corrected chi connectivity index (χ3v) is 4.56. The van der Waals surface area contributed by atoms with Crippen molar-refractivity contribution in [1.29, 1.82) is 0 Å². The highest BCUT2D eigenvalue weighted by Crippen LogP contribution is 2.27. The molecule has 1 fully saturated rings. The first kappa shape index (κ1) is 15.1. The summed E-state index contributed by atoms with van der Waals surface area (Å²) in [6.07, 6.45) is 0.647. The minimum Gasteiger partial charge on any atom is -0.367 e. The lowest BCUT2D eigenvalue weighted by Crippen LogP contribution is -2.46. The number of carbonyl (C=O) groups is 1. The fourth-order valence-electron chi connectivity index (χ4n) is 2.72. The van der Waals surface area contributed by atoms with Gasteiger partial charge in [0.1, 0.15) is 11.0 Å². The number of rotatable bonds is 3. The average Bonchev–Trinajstić information content (AvgIpc) is 3.03. The van der Waals surface area contributed by atoms with E-state index in [0.29, 0.717) is 18.0 Å². The van der Waals surface area contributed by atoms with Crippen molar-refractivity contribution in [1.82, 2.24) is 14.5 Å². The normalized spacial score (nSPS) is 21.8. The fourth-order valence-corrected chi connectivity index (χ4v) is 3.43. The number of nitrogens with zero attached hydrogens (tertiary/aromatic N) is 3. The van der Waals surface area contributed by atoms with Gasteiger partial charge in [-0.2, -0.15) is 0 Å². The highest BCUT2D eigenvalue weighted by Gasteiger charge is 2.31. The van der Waals surface area contributed by atoms with Crippen molar-refractivity contribution in [2.45, 2.75) is 32.5 Å². The Bertz CT molecular complexity index is 644. The van der Waals surface area contributed by atoms with Crippen molar-refractivity contribution in [3.8, 4) is 0 Å². The van der Waals surface area contributed by atoms with Gasteiger partial charge < -0.3 is 9.64 Å². The first-order valence-corrected chi connectivity index (χ1v) is 8.27. The summed E-state index contributed by atoms with van der Waals surface area (Å²) in [5, 5.41) is 4.04. The van der Waals surface area contributed by atoms with Crippen LogP contribution >= 0.6 is 11.5 Å². The summed E-state index contributed by atoms with van der Waals surface area (Å²) in [6.45, 7) is 5.15. The predicted molar refractivity (Wildman–Crippen MR) is 84.9 cm³/mol. The molecule has 0 N–H and O–H groups in total. The lowest BCUT2D eigenvalue weighted by Gasteiger charge is -2.36. The topological polar surface area (TPSA) is 55.3 Å². The molecule has 3 rings (SSSR count). The molecular formula is C16H19N3O2S. The molecule has 1 aromatic heterocycles. The summed E-state index contributed by atoms with van der Waals surface area (Å²) in [5.41, 5.74) is 1.88. The number of carbonyl (C=O) groups excluding carboxylic acids is 1. The van der Waals surface area contributed by atoms with Gasteiger partial charge in [0.15, 0.2) is 0 Å². The van der Waals surface area contributed by atoms with Gasteiger partial charge in [0.25, 0.3) is 5.91 Å². The summed E-state index contributed by atoms with van der Waals surface area (Å²) in [6, 6.07) is 10.0. The molecule has 5 nitrogen and oxygen atoms in total. The van der Waals surface area contributed by atoms with Crippen molar-refractivity contribution in [2.75, 3.05) is 13.1 Å². The van der Waals surface area contributed by atoms with E-state index in [4.69, 9.17) is 4.74 Å². The van der Waals surface area contributed by atoms with Crippen LogP contribution in [-0.4, -0.2) is 39.6 Å². The SMILES string of the molecule is CCc1nnsc1C(=O)N1C[C@H](C)O[C@@H](c2ccccc2)C1. The van der Waals surface area contributed by atoms with E-state index in [0.717, 1.165) is 17.7 Å². The van der Waals surface area contributed by atoms with E-state index in [1.165, 1.54) is 11.5 Å². The number of ether oxygens (including phenoxy) is 1. The van der Waals surface area contributed by atoms with Gasteiger partial charge in [0, 0.05) is 6.54 Å². The zero-order chi connectivity index (χ0) is 15.5. The second kappa shape index (κ2) is 6.54. The molecule has 0 unspecified atom stereocenters.